The molecule has 5 rings (SSSR count). The van der Waals surface area contributed by atoms with Crippen molar-refractivity contribution < 1.29 is 4.79 Å². The summed E-state index contributed by atoms with van der Waals surface area (Å²) in [6.45, 7) is 1.06. The molecule has 3 aromatic heterocycles. The molecule has 0 spiro atoms. The summed E-state index contributed by atoms with van der Waals surface area (Å²) >= 11 is 1.52. The Bertz CT molecular complexity index is 1150. The lowest BCUT2D eigenvalue weighted by atomic mass is 9.96. The molecule has 0 saturated carbocycles. The lowest BCUT2D eigenvalue weighted by molar-refractivity contribution is 0.0671. The number of hydrogen-bond acceptors (Lipinski definition) is 4. The molecule has 0 saturated heterocycles. The van der Waals surface area contributed by atoms with Gasteiger partial charge in [-0.25, -0.2) is 0 Å². The molecule has 4 heterocycles. The zero-order valence-electron chi connectivity index (χ0n) is 15.3. The Kier molecular flexibility index (Phi) is 4.22. The second-order valence-corrected chi connectivity index (χ2v) is 7.87. The zero-order valence-corrected chi connectivity index (χ0v) is 16.1. The van der Waals surface area contributed by atoms with Crippen LogP contribution in [-0.2, 0) is 6.42 Å². The van der Waals surface area contributed by atoms with Crippen LogP contribution in [0.5, 0.6) is 0 Å². The van der Waals surface area contributed by atoms with Gasteiger partial charge in [0.25, 0.3) is 5.91 Å². The maximum absolute atomic E-state index is 13.3. The summed E-state index contributed by atoms with van der Waals surface area (Å²) in [5.74, 6) is 0.0714. The first-order valence-electron chi connectivity index (χ1n) is 9.35. The van der Waals surface area contributed by atoms with E-state index in [0.29, 0.717) is 13.1 Å². The van der Waals surface area contributed by atoms with Crippen molar-refractivity contribution in [2.45, 2.75) is 12.5 Å². The number of aromatic amines is 1. The average molecular weight is 388 g/mol. The highest BCUT2D eigenvalue weighted by atomic mass is 32.1. The highest BCUT2D eigenvalue weighted by Gasteiger charge is 2.33. The fraction of sp³-hybridized carbons (Fsp3) is 0.182. The number of amides is 1. The van der Waals surface area contributed by atoms with E-state index >= 15 is 0 Å². The van der Waals surface area contributed by atoms with Gasteiger partial charge in [0, 0.05) is 53.7 Å². The molecular weight excluding hydrogens is 368 g/mol. The van der Waals surface area contributed by atoms with Crippen LogP contribution in [0, 0.1) is 0 Å². The Morgan fingerprint density at radius 2 is 2.14 bits per heavy atom. The quantitative estimate of drug-likeness (QED) is 0.555. The molecule has 3 N–H and O–H groups in total. The highest BCUT2D eigenvalue weighted by molar-refractivity contribution is 7.12. The van der Waals surface area contributed by atoms with E-state index in [4.69, 9.17) is 5.73 Å². The van der Waals surface area contributed by atoms with Crippen LogP contribution in [0.4, 0.5) is 0 Å². The predicted octanol–water partition coefficient (Wildman–Crippen LogP) is 3.99. The molecule has 4 aromatic rings. The molecule has 28 heavy (non-hydrogen) atoms. The monoisotopic (exact) mass is 388 g/mol. The number of fused-ring (bicyclic) bond motifs is 2. The van der Waals surface area contributed by atoms with Crippen LogP contribution in [0.2, 0.25) is 0 Å². The first kappa shape index (κ1) is 17.2. The van der Waals surface area contributed by atoms with Gasteiger partial charge in [0.15, 0.2) is 0 Å². The van der Waals surface area contributed by atoms with Crippen molar-refractivity contribution in [3.63, 3.8) is 0 Å². The predicted molar refractivity (Wildman–Crippen MR) is 112 cm³/mol. The third kappa shape index (κ3) is 2.65. The molecule has 1 amide bonds. The highest BCUT2D eigenvalue weighted by Crippen LogP contribution is 2.38. The topological polar surface area (TPSA) is 75.0 Å². The van der Waals surface area contributed by atoms with Crippen molar-refractivity contribution in [2.24, 2.45) is 5.73 Å². The largest absolute Gasteiger partial charge is 0.361 e. The van der Waals surface area contributed by atoms with E-state index in [1.165, 1.54) is 11.3 Å². The maximum atomic E-state index is 13.3. The number of nitrogens with zero attached hydrogens (tertiary/aromatic N) is 2. The van der Waals surface area contributed by atoms with Gasteiger partial charge in [-0.1, -0.05) is 24.3 Å². The molecule has 6 heteroatoms. The van der Waals surface area contributed by atoms with Gasteiger partial charge in [0.2, 0.25) is 0 Å². The number of rotatable bonds is 4. The van der Waals surface area contributed by atoms with Crippen LogP contribution in [-0.4, -0.2) is 33.9 Å². The third-order valence-corrected chi connectivity index (χ3v) is 6.51. The van der Waals surface area contributed by atoms with Crippen LogP contribution < -0.4 is 5.73 Å². The number of nitrogens with one attached hydrogen (secondary N) is 1. The van der Waals surface area contributed by atoms with Crippen molar-refractivity contribution in [3.05, 3.63) is 76.4 Å². The minimum atomic E-state index is -0.138. The van der Waals surface area contributed by atoms with Gasteiger partial charge in [0.1, 0.15) is 0 Å². The van der Waals surface area contributed by atoms with E-state index in [-0.39, 0.29) is 11.9 Å². The molecule has 1 aliphatic rings. The normalized spacial score (nSPS) is 15.0. The van der Waals surface area contributed by atoms with Crippen LogP contribution >= 0.6 is 11.3 Å². The summed E-state index contributed by atoms with van der Waals surface area (Å²) in [7, 11) is 0. The van der Waals surface area contributed by atoms with Gasteiger partial charge in [0.05, 0.1) is 10.9 Å². The first-order valence-corrected chi connectivity index (χ1v) is 10.2. The fourth-order valence-corrected chi connectivity index (χ4v) is 5.21. The Hall–Kier alpha value is -2.96. The van der Waals surface area contributed by atoms with Gasteiger partial charge in [-0.3, -0.25) is 9.78 Å². The number of thiophene rings is 1. The zero-order chi connectivity index (χ0) is 19.1. The van der Waals surface area contributed by atoms with Gasteiger partial charge in [-0.2, -0.15) is 0 Å². The smallest absolute Gasteiger partial charge is 0.264 e. The molecule has 0 aliphatic carbocycles. The molecule has 140 valence electrons. The molecule has 0 fully saturated rings. The molecule has 1 aliphatic heterocycles. The number of carbonyl (C=O) groups excluding carboxylic acids is 1. The summed E-state index contributed by atoms with van der Waals surface area (Å²) in [6.07, 6.45) is 6.43. The van der Waals surface area contributed by atoms with E-state index in [1.807, 2.05) is 47.6 Å². The van der Waals surface area contributed by atoms with E-state index in [0.717, 1.165) is 44.5 Å². The Balaban J connectivity index is 1.52. The average Bonchev–Trinajstić information content (AvgIpc) is 3.36. The van der Waals surface area contributed by atoms with Gasteiger partial charge in [-0.15, -0.1) is 11.3 Å². The summed E-state index contributed by atoms with van der Waals surface area (Å²) < 4.78 is 0. The van der Waals surface area contributed by atoms with Crippen molar-refractivity contribution in [1.82, 2.24) is 14.9 Å². The minimum Gasteiger partial charge on any atom is -0.361 e. The number of aromatic nitrogens is 2. The third-order valence-electron chi connectivity index (χ3n) is 5.50. The van der Waals surface area contributed by atoms with Gasteiger partial charge >= 0.3 is 0 Å². The second kappa shape index (κ2) is 6.89. The lowest BCUT2D eigenvalue weighted by Gasteiger charge is -2.34. The number of para-hydroxylation sites is 1. The molecule has 0 bridgehead atoms. The van der Waals surface area contributed by atoms with E-state index in [9.17, 15) is 4.79 Å². The van der Waals surface area contributed by atoms with E-state index < -0.39 is 0 Å². The van der Waals surface area contributed by atoms with Crippen LogP contribution in [0.3, 0.4) is 0 Å². The van der Waals surface area contributed by atoms with Crippen molar-refractivity contribution in [3.8, 4) is 11.1 Å². The SMILES string of the molecule is NCC(c1c[nH]c2ccccc12)N1CCc2c(-c3cccnc3)csc2C1=O. The van der Waals surface area contributed by atoms with Gasteiger partial charge < -0.3 is 15.6 Å². The molecule has 0 radical (unpaired) electrons. The number of carbonyl (C=O) groups is 1. The number of pyridine rings is 1. The lowest BCUT2D eigenvalue weighted by Crippen LogP contribution is -2.42. The summed E-state index contributed by atoms with van der Waals surface area (Å²) in [6, 6.07) is 12.0. The maximum Gasteiger partial charge on any atom is 0.264 e. The van der Waals surface area contributed by atoms with Gasteiger partial charge in [-0.05, 0) is 35.1 Å². The number of H-pyrrole nitrogens is 1. The van der Waals surface area contributed by atoms with E-state index in [2.05, 4.69) is 21.4 Å². The fourth-order valence-electron chi connectivity index (χ4n) is 4.13. The van der Waals surface area contributed by atoms with Crippen molar-refractivity contribution in [1.29, 1.82) is 0 Å². The number of nitrogens with two attached hydrogens (primary N) is 1. The molecular formula is C22H20N4OS. The molecule has 5 nitrogen and oxygen atoms in total. The number of benzene rings is 1. The van der Waals surface area contributed by atoms with Crippen LogP contribution in [0.15, 0.2) is 60.4 Å². The molecule has 1 atom stereocenters. The number of hydrogen-bond donors (Lipinski definition) is 2. The van der Waals surface area contributed by atoms with Crippen molar-refractivity contribution >= 4 is 28.1 Å². The Morgan fingerprint density at radius 1 is 1.25 bits per heavy atom. The summed E-state index contributed by atoms with van der Waals surface area (Å²) in [4.78, 5) is 23.6. The van der Waals surface area contributed by atoms with Crippen molar-refractivity contribution in [2.75, 3.05) is 13.1 Å². The standard InChI is InChI=1S/C22H20N4OS/c23-10-20(17-12-25-19-6-2-1-5-15(17)19)26-9-7-16-18(13-28-21(16)22(26)27)14-4-3-8-24-11-14/h1-6,8,11-13,20,25H,7,9-10,23H2. The Labute approximate surface area is 166 Å². The summed E-state index contributed by atoms with van der Waals surface area (Å²) in [5.41, 5.74) is 11.6. The van der Waals surface area contributed by atoms with Crippen LogP contribution in [0.25, 0.3) is 22.0 Å². The Morgan fingerprint density at radius 3 is 2.96 bits per heavy atom. The first-order chi connectivity index (χ1) is 13.8. The second-order valence-electron chi connectivity index (χ2n) is 6.99. The van der Waals surface area contributed by atoms with Crippen LogP contribution in [0.1, 0.15) is 26.8 Å². The van der Waals surface area contributed by atoms with E-state index in [1.54, 1.807) is 6.20 Å². The minimum absolute atomic E-state index is 0.0714. The summed E-state index contributed by atoms with van der Waals surface area (Å²) in [5, 5.41) is 3.20. The molecule has 1 aromatic carbocycles. The molecule has 1 unspecified atom stereocenters.